The van der Waals surface area contributed by atoms with Crippen LogP contribution in [0.25, 0.3) is 0 Å². The molecule has 0 bridgehead atoms. The summed E-state index contributed by atoms with van der Waals surface area (Å²) in [6, 6.07) is 0. The van der Waals surface area contributed by atoms with E-state index >= 15 is 0 Å². The average molecular weight is 191 g/mol. The molecule has 0 aromatic heterocycles. The van der Waals surface area contributed by atoms with Gasteiger partial charge < -0.3 is 0 Å². The van der Waals surface area contributed by atoms with Crippen LogP contribution in [0.4, 0.5) is 0 Å². The van der Waals surface area contributed by atoms with Gasteiger partial charge in [0.15, 0.2) is 0 Å². The Kier molecular flexibility index (Phi) is 2.20. The Bertz CT molecular complexity index is 96.7. The van der Waals surface area contributed by atoms with Crippen LogP contribution in [-0.2, 0) is 0 Å². The molecule has 1 heteroatoms. The Morgan fingerprint density at radius 1 is 1.44 bits per heavy atom. The standard InChI is InChI=1S/C8H15Br/c1-8(2)5-3-4-7(9)6-8/h7H,3-6H2,1-2H3/t7-/m0/s1. The maximum Gasteiger partial charge on any atom is 0.0150 e. The van der Waals surface area contributed by atoms with Crippen molar-refractivity contribution in [2.75, 3.05) is 0 Å². The molecule has 1 fully saturated rings. The third-order valence-corrected chi connectivity index (χ3v) is 2.93. The van der Waals surface area contributed by atoms with Crippen molar-refractivity contribution in [2.45, 2.75) is 44.4 Å². The van der Waals surface area contributed by atoms with Crippen LogP contribution in [0.2, 0.25) is 0 Å². The van der Waals surface area contributed by atoms with Gasteiger partial charge in [0.25, 0.3) is 0 Å². The van der Waals surface area contributed by atoms with E-state index in [4.69, 9.17) is 0 Å². The number of hydrogen-bond acceptors (Lipinski definition) is 0. The van der Waals surface area contributed by atoms with Crippen LogP contribution in [-0.4, -0.2) is 4.83 Å². The molecular formula is C8H15Br. The van der Waals surface area contributed by atoms with Gasteiger partial charge >= 0.3 is 0 Å². The van der Waals surface area contributed by atoms with Crippen molar-refractivity contribution in [3.05, 3.63) is 0 Å². The molecular weight excluding hydrogens is 176 g/mol. The van der Waals surface area contributed by atoms with Gasteiger partial charge in [-0.05, 0) is 24.7 Å². The topological polar surface area (TPSA) is 0 Å². The highest BCUT2D eigenvalue weighted by Gasteiger charge is 2.25. The highest BCUT2D eigenvalue weighted by atomic mass is 79.9. The van der Waals surface area contributed by atoms with Crippen molar-refractivity contribution in [2.24, 2.45) is 5.41 Å². The van der Waals surface area contributed by atoms with E-state index in [1.54, 1.807) is 0 Å². The molecule has 0 saturated heterocycles. The summed E-state index contributed by atoms with van der Waals surface area (Å²) >= 11 is 3.66. The fourth-order valence-corrected chi connectivity index (χ4v) is 2.81. The van der Waals surface area contributed by atoms with Crippen LogP contribution in [0, 0.1) is 5.41 Å². The zero-order chi connectivity index (χ0) is 6.91. The van der Waals surface area contributed by atoms with Crippen LogP contribution < -0.4 is 0 Å². The fraction of sp³-hybridized carbons (Fsp3) is 1.00. The summed E-state index contributed by atoms with van der Waals surface area (Å²) in [6.45, 7) is 4.72. The van der Waals surface area contributed by atoms with E-state index in [1.165, 1.54) is 25.7 Å². The summed E-state index contributed by atoms with van der Waals surface area (Å²) in [4.78, 5) is 0.793. The molecule has 1 aliphatic carbocycles. The Hall–Kier alpha value is 0.480. The average Bonchev–Trinajstić information content (AvgIpc) is 1.60. The summed E-state index contributed by atoms with van der Waals surface area (Å²) in [5, 5.41) is 0. The first-order valence-electron chi connectivity index (χ1n) is 3.74. The van der Waals surface area contributed by atoms with Crippen LogP contribution >= 0.6 is 15.9 Å². The first-order valence-corrected chi connectivity index (χ1v) is 4.66. The highest BCUT2D eigenvalue weighted by molar-refractivity contribution is 9.09. The van der Waals surface area contributed by atoms with E-state index in [2.05, 4.69) is 29.8 Å². The summed E-state index contributed by atoms with van der Waals surface area (Å²) in [6.07, 6.45) is 5.55. The zero-order valence-corrected chi connectivity index (χ0v) is 7.87. The first-order chi connectivity index (χ1) is 4.10. The van der Waals surface area contributed by atoms with Crippen molar-refractivity contribution < 1.29 is 0 Å². The highest BCUT2D eigenvalue weighted by Crippen LogP contribution is 2.37. The third kappa shape index (κ3) is 2.29. The lowest BCUT2D eigenvalue weighted by molar-refractivity contribution is 0.253. The zero-order valence-electron chi connectivity index (χ0n) is 6.28. The maximum absolute atomic E-state index is 3.66. The van der Waals surface area contributed by atoms with Crippen molar-refractivity contribution >= 4 is 15.9 Å². The first kappa shape index (κ1) is 7.59. The largest absolute Gasteiger partial charge is 0.0890 e. The molecule has 0 spiro atoms. The van der Waals surface area contributed by atoms with E-state index in [0.717, 1.165) is 4.83 Å². The molecule has 1 atom stereocenters. The Morgan fingerprint density at radius 2 is 2.11 bits per heavy atom. The molecule has 0 amide bonds. The lowest BCUT2D eigenvalue weighted by Gasteiger charge is -2.32. The van der Waals surface area contributed by atoms with Crippen LogP contribution in [0.1, 0.15) is 39.5 Å². The third-order valence-electron chi connectivity index (χ3n) is 2.14. The number of rotatable bonds is 0. The number of hydrogen-bond donors (Lipinski definition) is 0. The van der Waals surface area contributed by atoms with E-state index in [1.807, 2.05) is 0 Å². The lowest BCUT2D eigenvalue weighted by Crippen LogP contribution is -2.22. The molecule has 1 saturated carbocycles. The second kappa shape index (κ2) is 2.61. The van der Waals surface area contributed by atoms with Crippen LogP contribution in [0.15, 0.2) is 0 Å². The van der Waals surface area contributed by atoms with Gasteiger partial charge in [-0.2, -0.15) is 0 Å². The summed E-state index contributed by atoms with van der Waals surface area (Å²) in [7, 11) is 0. The number of alkyl halides is 1. The molecule has 0 radical (unpaired) electrons. The van der Waals surface area contributed by atoms with Crippen LogP contribution in [0.5, 0.6) is 0 Å². The Labute approximate surface area is 66.2 Å². The molecule has 0 nitrogen and oxygen atoms in total. The van der Waals surface area contributed by atoms with Gasteiger partial charge in [-0.25, -0.2) is 0 Å². The Balaban J connectivity index is 2.41. The van der Waals surface area contributed by atoms with E-state index in [-0.39, 0.29) is 0 Å². The minimum absolute atomic E-state index is 0.604. The van der Waals surface area contributed by atoms with E-state index < -0.39 is 0 Å². The smallest absolute Gasteiger partial charge is 0.0150 e. The summed E-state index contributed by atoms with van der Waals surface area (Å²) in [5.41, 5.74) is 0.604. The molecule has 9 heavy (non-hydrogen) atoms. The van der Waals surface area contributed by atoms with E-state index in [0.29, 0.717) is 5.41 Å². The van der Waals surface area contributed by atoms with Gasteiger partial charge in [0, 0.05) is 4.83 Å². The molecule has 0 aromatic rings. The van der Waals surface area contributed by atoms with Gasteiger partial charge in [0.05, 0.1) is 0 Å². The van der Waals surface area contributed by atoms with Crippen LogP contribution in [0.3, 0.4) is 0 Å². The number of halogens is 1. The van der Waals surface area contributed by atoms with E-state index in [9.17, 15) is 0 Å². The van der Waals surface area contributed by atoms with Crippen molar-refractivity contribution in [1.29, 1.82) is 0 Å². The quantitative estimate of drug-likeness (QED) is 0.515. The van der Waals surface area contributed by atoms with Gasteiger partial charge in [-0.15, -0.1) is 0 Å². The van der Waals surface area contributed by atoms with Crippen molar-refractivity contribution in [1.82, 2.24) is 0 Å². The van der Waals surface area contributed by atoms with Gasteiger partial charge in [0.2, 0.25) is 0 Å². The second-order valence-corrected chi connectivity index (χ2v) is 5.15. The minimum atomic E-state index is 0.604. The summed E-state index contributed by atoms with van der Waals surface area (Å²) < 4.78 is 0. The van der Waals surface area contributed by atoms with Gasteiger partial charge in [-0.1, -0.05) is 36.2 Å². The van der Waals surface area contributed by atoms with Crippen molar-refractivity contribution in [3.63, 3.8) is 0 Å². The fourth-order valence-electron chi connectivity index (χ4n) is 1.61. The predicted octanol–water partition coefficient (Wildman–Crippen LogP) is 3.35. The molecule has 1 aliphatic rings. The Morgan fingerprint density at radius 3 is 2.44 bits per heavy atom. The SMILES string of the molecule is CC1(C)CCC[C@H](Br)C1. The molecule has 0 aliphatic heterocycles. The van der Waals surface area contributed by atoms with Crippen molar-refractivity contribution in [3.8, 4) is 0 Å². The molecule has 0 unspecified atom stereocenters. The molecule has 0 N–H and O–H groups in total. The minimum Gasteiger partial charge on any atom is -0.0890 e. The predicted molar refractivity (Wildman–Crippen MR) is 45.0 cm³/mol. The molecule has 54 valence electrons. The molecule has 0 aromatic carbocycles. The maximum atomic E-state index is 3.66. The second-order valence-electron chi connectivity index (χ2n) is 3.86. The molecule has 1 rings (SSSR count). The van der Waals surface area contributed by atoms with Gasteiger partial charge in [0.1, 0.15) is 0 Å². The van der Waals surface area contributed by atoms with Gasteiger partial charge in [-0.3, -0.25) is 0 Å². The summed E-state index contributed by atoms with van der Waals surface area (Å²) in [5.74, 6) is 0. The normalized spacial score (nSPS) is 34.3. The molecule has 0 heterocycles. The monoisotopic (exact) mass is 190 g/mol. The lowest BCUT2D eigenvalue weighted by atomic mass is 9.78.